The number of nitrogens with one attached hydrogen (secondary N) is 2. The van der Waals surface area contributed by atoms with Crippen LogP contribution in [0.4, 0.5) is 4.79 Å². The SMILES string of the molecule is CC1CCCN(C(=O)NC(C)(C)C(=N)N)C1. The summed E-state index contributed by atoms with van der Waals surface area (Å²) in [5, 5.41) is 10.2. The molecule has 1 atom stereocenters. The van der Waals surface area contributed by atoms with Gasteiger partial charge in [0.2, 0.25) is 0 Å². The van der Waals surface area contributed by atoms with E-state index in [9.17, 15) is 4.79 Å². The Labute approximate surface area is 96.9 Å². The zero-order valence-electron chi connectivity index (χ0n) is 10.3. The van der Waals surface area contributed by atoms with Crippen molar-refractivity contribution in [3.63, 3.8) is 0 Å². The third kappa shape index (κ3) is 3.12. The highest BCUT2D eigenvalue weighted by atomic mass is 16.2. The summed E-state index contributed by atoms with van der Waals surface area (Å²) in [5.41, 5.74) is 4.66. The van der Waals surface area contributed by atoms with Crippen LogP contribution < -0.4 is 11.1 Å². The van der Waals surface area contributed by atoms with Gasteiger partial charge in [0.25, 0.3) is 0 Å². The number of piperidine rings is 1. The maximum absolute atomic E-state index is 11.9. The summed E-state index contributed by atoms with van der Waals surface area (Å²) in [6.45, 7) is 7.21. The highest BCUT2D eigenvalue weighted by molar-refractivity contribution is 5.90. The molecule has 0 aromatic carbocycles. The van der Waals surface area contributed by atoms with E-state index < -0.39 is 5.54 Å². The Kier molecular flexibility index (Phi) is 3.78. The number of carbonyl (C=O) groups is 1. The second-order valence-corrected chi connectivity index (χ2v) is 5.16. The lowest BCUT2D eigenvalue weighted by atomic mass is 10.0. The fraction of sp³-hybridized carbons (Fsp3) is 0.818. The molecule has 1 aliphatic rings. The van der Waals surface area contributed by atoms with Gasteiger partial charge in [0, 0.05) is 13.1 Å². The average molecular weight is 226 g/mol. The van der Waals surface area contributed by atoms with E-state index in [-0.39, 0.29) is 11.9 Å². The Morgan fingerprint density at radius 3 is 2.69 bits per heavy atom. The second kappa shape index (κ2) is 4.72. The molecule has 16 heavy (non-hydrogen) atoms. The molecule has 0 bridgehead atoms. The van der Waals surface area contributed by atoms with Gasteiger partial charge in [-0.25, -0.2) is 4.79 Å². The van der Waals surface area contributed by atoms with Gasteiger partial charge in [-0.2, -0.15) is 0 Å². The number of amidine groups is 1. The van der Waals surface area contributed by atoms with Crippen molar-refractivity contribution in [2.24, 2.45) is 11.7 Å². The molecule has 1 heterocycles. The number of hydrogen-bond acceptors (Lipinski definition) is 2. The van der Waals surface area contributed by atoms with E-state index >= 15 is 0 Å². The Hall–Kier alpha value is -1.26. The lowest BCUT2D eigenvalue weighted by Crippen LogP contribution is -2.57. The fourth-order valence-corrected chi connectivity index (χ4v) is 1.79. The number of rotatable bonds is 2. The molecule has 0 aromatic heterocycles. The Balaban J connectivity index is 2.55. The normalized spacial score (nSPS) is 21.7. The molecule has 2 amide bonds. The van der Waals surface area contributed by atoms with Gasteiger partial charge in [0.15, 0.2) is 0 Å². The smallest absolute Gasteiger partial charge is 0.318 e. The molecule has 5 nitrogen and oxygen atoms in total. The minimum atomic E-state index is -0.766. The Bertz CT molecular complexity index is 288. The lowest BCUT2D eigenvalue weighted by Gasteiger charge is -2.34. The van der Waals surface area contributed by atoms with Gasteiger partial charge in [-0.15, -0.1) is 0 Å². The molecule has 1 aliphatic heterocycles. The molecule has 0 saturated carbocycles. The van der Waals surface area contributed by atoms with Crippen molar-refractivity contribution in [3.8, 4) is 0 Å². The molecular weight excluding hydrogens is 204 g/mol. The molecule has 0 radical (unpaired) electrons. The van der Waals surface area contributed by atoms with Crippen LogP contribution in [-0.2, 0) is 0 Å². The van der Waals surface area contributed by atoms with Crippen molar-refractivity contribution in [2.75, 3.05) is 13.1 Å². The van der Waals surface area contributed by atoms with Gasteiger partial charge in [0.1, 0.15) is 5.84 Å². The number of urea groups is 1. The lowest BCUT2D eigenvalue weighted by molar-refractivity contribution is 0.165. The summed E-state index contributed by atoms with van der Waals surface area (Å²) in [5.74, 6) is 0.533. The molecule has 1 rings (SSSR count). The monoisotopic (exact) mass is 226 g/mol. The predicted molar refractivity (Wildman–Crippen MR) is 64.5 cm³/mol. The van der Waals surface area contributed by atoms with Crippen LogP contribution in [-0.4, -0.2) is 35.4 Å². The van der Waals surface area contributed by atoms with E-state index in [4.69, 9.17) is 11.1 Å². The fourth-order valence-electron chi connectivity index (χ4n) is 1.79. The largest absolute Gasteiger partial charge is 0.386 e. The van der Waals surface area contributed by atoms with E-state index in [0.29, 0.717) is 5.92 Å². The third-order valence-corrected chi connectivity index (χ3v) is 3.04. The summed E-state index contributed by atoms with van der Waals surface area (Å²) >= 11 is 0. The molecule has 4 N–H and O–H groups in total. The van der Waals surface area contributed by atoms with Crippen molar-refractivity contribution >= 4 is 11.9 Å². The van der Waals surface area contributed by atoms with Crippen LogP contribution in [0.15, 0.2) is 0 Å². The van der Waals surface area contributed by atoms with E-state index in [1.54, 1.807) is 18.7 Å². The molecule has 0 aliphatic carbocycles. The number of amides is 2. The first-order valence-corrected chi connectivity index (χ1v) is 5.74. The van der Waals surface area contributed by atoms with Crippen LogP contribution in [0.2, 0.25) is 0 Å². The number of nitrogens with two attached hydrogens (primary N) is 1. The van der Waals surface area contributed by atoms with E-state index in [1.807, 2.05) is 0 Å². The van der Waals surface area contributed by atoms with Crippen LogP contribution in [0.3, 0.4) is 0 Å². The van der Waals surface area contributed by atoms with Crippen LogP contribution in [0.25, 0.3) is 0 Å². The van der Waals surface area contributed by atoms with Crippen molar-refractivity contribution in [1.82, 2.24) is 10.2 Å². The summed E-state index contributed by atoms with van der Waals surface area (Å²) in [6.07, 6.45) is 2.23. The average Bonchev–Trinajstić information content (AvgIpc) is 2.16. The number of carbonyl (C=O) groups excluding carboxylic acids is 1. The highest BCUT2D eigenvalue weighted by Crippen LogP contribution is 2.16. The van der Waals surface area contributed by atoms with Crippen molar-refractivity contribution < 1.29 is 4.79 Å². The highest BCUT2D eigenvalue weighted by Gasteiger charge is 2.28. The third-order valence-electron chi connectivity index (χ3n) is 3.04. The zero-order chi connectivity index (χ0) is 12.3. The second-order valence-electron chi connectivity index (χ2n) is 5.16. The minimum Gasteiger partial charge on any atom is -0.386 e. The summed E-state index contributed by atoms with van der Waals surface area (Å²) in [6, 6.07) is -0.119. The maximum Gasteiger partial charge on any atom is 0.318 e. The Morgan fingerprint density at radius 1 is 1.56 bits per heavy atom. The summed E-state index contributed by atoms with van der Waals surface area (Å²) in [7, 11) is 0. The predicted octanol–water partition coefficient (Wildman–Crippen LogP) is 1.14. The van der Waals surface area contributed by atoms with Gasteiger partial charge in [-0.05, 0) is 32.6 Å². The van der Waals surface area contributed by atoms with Crippen LogP contribution >= 0.6 is 0 Å². The molecule has 1 fully saturated rings. The first-order valence-electron chi connectivity index (χ1n) is 5.74. The zero-order valence-corrected chi connectivity index (χ0v) is 10.3. The van der Waals surface area contributed by atoms with E-state index in [2.05, 4.69) is 12.2 Å². The summed E-state index contributed by atoms with van der Waals surface area (Å²) in [4.78, 5) is 13.7. The Morgan fingerprint density at radius 2 is 2.19 bits per heavy atom. The molecule has 0 spiro atoms. The van der Waals surface area contributed by atoms with Crippen molar-refractivity contribution in [2.45, 2.75) is 39.2 Å². The molecule has 0 aromatic rings. The molecule has 92 valence electrons. The van der Waals surface area contributed by atoms with Crippen LogP contribution in [0, 0.1) is 11.3 Å². The molecular formula is C11H22N4O. The van der Waals surface area contributed by atoms with E-state index in [0.717, 1.165) is 19.5 Å². The topological polar surface area (TPSA) is 82.2 Å². The van der Waals surface area contributed by atoms with Crippen molar-refractivity contribution in [1.29, 1.82) is 5.41 Å². The van der Waals surface area contributed by atoms with Gasteiger partial charge in [-0.3, -0.25) is 5.41 Å². The summed E-state index contributed by atoms with van der Waals surface area (Å²) < 4.78 is 0. The quantitative estimate of drug-likeness (QED) is 0.487. The maximum atomic E-state index is 11.9. The van der Waals surface area contributed by atoms with Gasteiger partial charge in [0.05, 0.1) is 5.54 Å². The van der Waals surface area contributed by atoms with Crippen LogP contribution in [0.5, 0.6) is 0 Å². The number of likely N-dealkylation sites (tertiary alicyclic amines) is 1. The number of hydrogen-bond donors (Lipinski definition) is 3. The minimum absolute atomic E-state index is 0.0223. The standard InChI is InChI=1S/C11H22N4O/c1-8-5-4-6-15(7-8)10(16)14-11(2,3)9(12)13/h8H,4-7H2,1-3H3,(H3,12,13)(H,14,16). The van der Waals surface area contributed by atoms with Gasteiger partial charge >= 0.3 is 6.03 Å². The number of nitrogens with zero attached hydrogens (tertiary/aromatic N) is 1. The van der Waals surface area contributed by atoms with Gasteiger partial charge in [-0.1, -0.05) is 6.92 Å². The van der Waals surface area contributed by atoms with Crippen LogP contribution in [0.1, 0.15) is 33.6 Å². The molecule has 5 heteroatoms. The molecule has 1 unspecified atom stereocenters. The molecule has 1 saturated heterocycles. The first kappa shape index (κ1) is 12.8. The van der Waals surface area contributed by atoms with Gasteiger partial charge < -0.3 is 16.0 Å². The van der Waals surface area contributed by atoms with Crippen molar-refractivity contribution in [3.05, 3.63) is 0 Å². The van der Waals surface area contributed by atoms with E-state index in [1.165, 1.54) is 6.42 Å². The first-order chi connectivity index (χ1) is 7.33.